The van der Waals surface area contributed by atoms with Gasteiger partial charge in [-0.05, 0) is 63.0 Å². The number of aromatic nitrogens is 2. The van der Waals surface area contributed by atoms with E-state index in [4.69, 9.17) is 15.2 Å². The number of nitrogen functional groups attached to an aromatic ring is 1. The van der Waals surface area contributed by atoms with Gasteiger partial charge < -0.3 is 20.5 Å². The second-order valence-electron chi connectivity index (χ2n) is 12.0. The standard InChI is InChI=1S/C31H28F6N6O2S/c32-15-11-30(6-1-9-43(30)13-15)14-44-29-41-25-18(28(42-29)45-16-4-7-40-8-5-16)10-20(31(35,36)37)23(24(25)34)17-2-3-21(33)26-22(17)19(12-38)27(39)46-26/h2-3,10,15-16,40H,1,4-9,11,13-14,39H2. The SMILES string of the molecule is N#Cc1c(N)sc2c(F)ccc(-c3c(C(F)(F)F)cc4c(OC5CCNCC5)nc(OCC56CCCN5CC(F)C6)nc4c3F)c12. The molecule has 15 heteroatoms. The van der Waals surface area contributed by atoms with Gasteiger partial charge in [-0.1, -0.05) is 6.07 Å². The van der Waals surface area contributed by atoms with Crippen LogP contribution in [0.4, 0.5) is 31.3 Å². The van der Waals surface area contributed by atoms with Gasteiger partial charge >= 0.3 is 12.2 Å². The summed E-state index contributed by atoms with van der Waals surface area (Å²) in [6, 6.07) is 4.10. The summed E-state index contributed by atoms with van der Waals surface area (Å²) in [4.78, 5) is 10.6. The third-order valence-corrected chi connectivity index (χ3v) is 10.2. The average Bonchev–Trinajstić information content (AvgIpc) is 3.66. The minimum Gasteiger partial charge on any atom is -0.474 e. The van der Waals surface area contributed by atoms with Crippen molar-refractivity contribution in [1.82, 2.24) is 20.2 Å². The smallest absolute Gasteiger partial charge is 0.417 e. The molecule has 46 heavy (non-hydrogen) atoms. The highest BCUT2D eigenvalue weighted by Gasteiger charge is 2.49. The number of rotatable bonds is 6. The molecule has 0 radical (unpaired) electrons. The molecular weight excluding hydrogens is 634 g/mol. The van der Waals surface area contributed by atoms with Crippen LogP contribution in [0.25, 0.3) is 32.1 Å². The fourth-order valence-electron chi connectivity index (χ4n) is 7.05. The van der Waals surface area contributed by atoms with Crippen molar-refractivity contribution in [1.29, 1.82) is 5.26 Å². The maximum Gasteiger partial charge on any atom is 0.417 e. The first-order valence-electron chi connectivity index (χ1n) is 14.9. The molecule has 242 valence electrons. The normalized spacial score (nSPS) is 22.4. The van der Waals surface area contributed by atoms with E-state index >= 15 is 4.39 Å². The van der Waals surface area contributed by atoms with Gasteiger partial charge in [0.05, 0.1) is 26.8 Å². The highest BCUT2D eigenvalue weighted by atomic mass is 32.1. The minimum atomic E-state index is -5.09. The summed E-state index contributed by atoms with van der Waals surface area (Å²) in [6.07, 6.45) is -3.69. The van der Waals surface area contributed by atoms with E-state index in [1.54, 1.807) is 0 Å². The zero-order valence-corrected chi connectivity index (χ0v) is 25.1. The van der Waals surface area contributed by atoms with Crippen molar-refractivity contribution in [2.45, 2.75) is 56.1 Å². The maximum absolute atomic E-state index is 16.8. The molecule has 0 aliphatic carbocycles. The topological polar surface area (TPSA) is 109 Å². The molecule has 4 aromatic rings. The van der Waals surface area contributed by atoms with Gasteiger partial charge in [0.15, 0.2) is 5.82 Å². The van der Waals surface area contributed by atoms with Crippen LogP contribution in [-0.4, -0.2) is 65.5 Å². The minimum absolute atomic E-state index is 0.000873. The number of thiophene rings is 1. The lowest BCUT2D eigenvalue weighted by Crippen LogP contribution is -2.43. The zero-order chi connectivity index (χ0) is 32.4. The van der Waals surface area contributed by atoms with Gasteiger partial charge in [-0.2, -0.15) is 28.4 Å². The number of piperidine rings is 1. The number of ether oxygens (including phenoxy) is 2. The Kier molecular flexibility index (Phi) is 7.64. The molecule has 2 unspecified atom stereocenters. The van der Waals surface area contributed by atoms with E-state index in [2.05, 4.69) is 15.3 Å². The van der Waals surface area contributed by atoms with Crippen LogP contribution >= 0.6 is 11.3 Å². The quantitative estimate of drug-likeness (QED) is 0.230. The largest absolute Gasteiger partial charge is 0.474 e. The first-order valence-corrected chi connectivity index (χ1v) is 15.7. The number of hydrogen-bond donors (Lipinski definition) is 2. The highest BCUT2D eigenvalue weighted by Crippen LogP contribution is 2.48. The molecule has 8 nitrogen and oxygen atoms in total. The van der Waals surface area contributed by atoms with Gasteiger partial charge in [0, 0.05) is 23.9 Å². The predicted octanol–water partition coefficient (Wildman–Crippen LogP) is 6.35. The van der Waals surface area contributed by atoms with Crippen LogP contribution in [0.1, 0.15) is 43.2 Å². The zero-order valence-electron chi connectivity index (χ0n) is 24.3. The van der Waals surface area contributed by atoms with Crippen molar-refractivity contribution >= 4 is 37.3 Å². The highest BCUT2D eigenvalue weighted by molar-refractivity contribution is 7.23. The Bertz CT molecular complexity index is 1890. The Hall–Kier alpha value is -3.87. The van der Waals surface area contributed by atoms with E-state index < -0.39 is 52.3 Å². The second kappa shape index (κ2) is 11.4. The van der Waals surface area contributed by atoms with Crippen molar-refractivity contribution in [2.75, 3.05) is 38.5 Å². The summed E-state index contributed by atoms with van der Waals surface area (Å²) >= 11 is 0.687. The third-order valence-electron chi connectivity index (χ3n) is 9.18. The summed E-state index contributed by atoms with van der Waals surface area (Å²) in [7, 11) is 0. The number of halogens is 6. The predicted molar refractivity (Wildman–Crippen MR) is 159 cm³/mol. The van der Waals surface area contributed by atoms with Crippen LogP contribution in [-0.2, 0) is 6.18 Å². The number of nitrogens with one attached hydrogen (secondary N) is 1. The second-order valence-corrected chi connectivity index (χ2v) is 13.1. The van der Waals surface area contributed by atoms with Gasteiger partial charge in [-0.3, -0.25) is 4.90 Å². The number of fused-ring (bicyclic) bond motifs is 3. The molecule has 3 aliphatic heterocycles. The lowest BCUT2D eigenvalue weighted by atomic mass is 9.92. The van der Waals surface area contributed by atoms with Gasteiger partial charge in [-0.15, -0.1) is 11.3 Å². The van der Waals surface area contributed by atoms with Crippen LogP contribution in [0.2, 0.25) is 0 Å². The van der Waals surface area contributed by atoms with E-state index in [1.165, 1.54) is 0 Å². The fraction of sp³-hybridized carbons (Fsp3) is 0.452. The van der Waals surface area contributed by atoms with Crippen molar-refractivity contribution in [3.63, 3.8) is 0 Å². The molecule has 0 amide bonds. The number of alkyl halides is 4. The average molecular weight is 663 g/mol. The monoisotopic (exact) mass is 662 g/mol. The molecule has 5 heterocycles. The van der Waals surface area contributed by atoms with Gasteiger partial charge in [-0.25, -0.2) is 13.2 Å². The van der Waals surface area contributed by atoms with Crippen molar-refractivity contribution in [3.8, 4) is 29.1 Å². The van der Waals surface area contributed by atoms with Crippen LogP contribution in [0.3, 0.4) is 0 Å². The number of nitriles is 1. The van der Waals surface area contributed by atoms with Crippen molar-refractivity contribution in [3.05, 3.63) is 41.0 Å². The lowest BCUT2D eigenvalue weighted by Gasteiger charge is -2.31. The van der Waals surface area contributed by atoms with Crippen LogP contribution in [0, 0.1) is 23.0 Å². The Morgan fingerprint density at radius 1 is 1.20 bits per heavy atom. The molecule has 2 aromatic heterocycles. The number of hydrogen-bond acceptors (Lipinski definition) is 9. The van der Waals surface area contributed by atoms with E-state index in [9.17, 15) is 27.2 Å². The van der Waals surface area contributed by atoms with Gasteiger partial charge in [0.2, 0.25) is 5.88 Å². The van der Waals surface area contributed by atoms with E-state index in [-0.39, 0.29) is 63.1 Å². The van der Waals surface area contributed by atoms with Crippen LogP contribution < -0.4 is 20.5 Å². The lowest BCUT2D eigenvalue weighted by molar-refractivity contribution is -0.137. The van der Waals surface area contributed by atoms with Crippen molar-refractivity contribution < 1.29 is 35.8 Å². The summed E-state index contributed by atoms with van der Waals surface area (Å²) in [6.45, 7) is 2.19. The Balaban J connectivity index is 1.43. The van der Waals surface area contributed by atoms with Gasteiger partial charge in [0.1, 0.15) is 41.3 Å². The number of anilines is 1. The molecule has 2 aromatic carbocycles. The summed E-state index contributed by atoms with van der Waals surface area (Å²) in [5.41, 5.74) is 1.89. The summed E-state index contributed by atoms with van der Waals surface area (Å²) in [5, 5.41) is 12.3. The third kappa shape index (κ3) is 5.16. The Labute approximate surface area is 263 Å². The van der Waals surface area contributed by atoms with Gasteiger partial charge in [0.25, 0.3) is 0 Å². The summed E-state index contributed by atoms with van der Waals surface area (Å²) in [5.74, 6) is -2.47. The number of benzene rings is 2. The van der Waals surface area contributed by atoms with E-state index in [1.807, 2.05) is 11.0 Å². The molecule has 2 atom stereocenters. The van der Waals surface area contributed by atoms with Crippen LogP contribution in [0.15, 0.2) is 18.2 Å². The van der Waals surface area contributed by atoms with Crippen LogP contribution in [0.5, 0.6) is 11.9 Å². The molecule has 0 spiro atoms. The molecule has 0 saturated carbocycles. The number of nitrogens with two attached hydrogens (primary N) is 1. The first-order chi connectivity index (χ1) is 22.0. The summed E-state index contributed by atoms with van der Waals surface area (Å²) < 4.78 is 102. The molecule has 3 saturated heterocycles. The first kappa shape index (κ1) is 30.8. The van der Waals surface area contributed by atoms with Crippen molar-refractivity contribution in [2.24, 2.45) is 0 Å². The Morgan fingerprint density at radius 3 is 2.72 bits per heavy atom. The number of nitrogens with zero attached hydrogens (tertiary/aromatic N) is 4. The fourth-order valence-corrected chi connectivity index (χ4v) is 8.00. The molecule has 7 rings (SSSR count). The molecule has 0 bridgehead atoms. The molecular formula is C31H28F6N6O2S. The molecule has 3 fully saturated rings. The Morgan fingerprint density at radius 2 is 1.98 bits per heavy atom. The van der Waals surface area contributed by atoms with E-state index in [0.717, 1.165) is 18.6 Å². The molecule has 3 N–H and O–H groups in total. The maximum atomic E-state index is 16.8. The van der Waals surface area contributed by atoms with E-state index in [0.29, 0.717) is 56.3 Å². The molecule has 3 aliphatic rings.